The Morgan fingerprint density at radius 2 is 2.25 bits per heavy atom. The van der Waals surface area contributed by atoms with Gasteiger partial charge in [0.25, 0.3) is 0 Å². The van der Waals surface area contributed by atoms with E-state index in [1.54, 1.807) is 25.3 Å². The number of carbonyl (C=O) groups is 1. The molecule has 1 aliphatic heterocycles. The molecule has 1 heterocycles. The van der Waals surface area contributed by atoms with Crippen LogP contribution in [0.2, 0.25) is 0 Å². The lowest BCUT2D eigenvalue weighted by molar-refractivity contribution is -0.127. The highest BCUT2D eigenvalue weighted by Gasteiger charge is 2.41. The van der Waals surface area contributed by atoms with Gasteiger partial charge in [-0.3, -0.25) is 4.79 Å². The quantitative estimate of drug-likeness (QED) is 0.644. The lowest BCUT2D eigenvalue weighted by atomic mass is 9.96. The zero-order valence-corrected chi connectivity index (χ0v) is 9.59. The highest BCUT2D eigenvalue weighted by molar-refractivity contribution is 8.00. The lowest BCUT2D eigenvalue weighted by Crippen LogP contribution is -2.54. The van der Waals surface area contributed by atoms with Gasteiger partial charge in [0.15, 0.2) is 0 Å². The molecule has 2 rings (SSSR count). The van der Waals surface area contributed by atoms with Gasteiger partial charge in [-0.2, -0.15) is 0 Å². The minimum Gasteiger partial charge on any atom is -0.374 e. The van der Waals surface area contributed by atoms with E-state index in [4.69, 9.17) is 4.74 Å². The Kier molecular flexibility index (Phi) is 3.46. The van der Waals surface area contributed by atoms with Crippen LogP contribution < -0.4 is 5.32 Å². The van der Waals surface area contributed by atoms with Crippen molar-refractivity contribution in [2.75, 3.05) is 13.0 Å². The molecule has 0 spiro atoms. The van der Waals surface area contributed by atoms with Crippen LogP contribution in [0.25, 0.3) is 0 Å². The van der Waals surface area contributed by atoms with Crippen LogP contribution in [-0.2, 0) is 9.53 Å². The van der Waals surface area contributed by atoms with Gasteiger partial charge in [0.2, 0.25) is 5.91 Å². The molecule has 0 aromatic heterocycles. The van der Waals surface area contributed by atoms with Crippen LogP contribution in [0.5, 0.6) is 0 Å². The molecule has 86 valence electrons. The molecule has 0 aliphatic carbocycles. The van der Waals surface area contributed by atoms with Gasteiger partial charge in [-0.25, -0.2) is 4.39 Å². The van der Waals surface area contributed by atoms with Gasteiger partial charge in [0.05, 0.1) is 12.0 Å². The van der Waals surface area contributed by atoms with Crippen molar-refractivity contribution in [3.8, 4) is 0 Å². The molecule has 16 heavy (non-hydrogen) atoms. The second-order valence-corrected chi connectivity index (χ2v) is 4.58. The van der Waals surface area contributed by atoms with Crippen LogP contribution in [0.4, 0.5) is 4.39 Å². The smallest absolute Gasteiger partial charge is 0.236 e. The number of benzene rings is 1. The second kappa shape index (κ2) is 4.84. The van der Waals surface area contributed by atoms with Crippen molar-refractivity contribution in [2.45, 2.75) is 11.3 Å². The first-order valence-corrected chi connectivity index (χ1v) is 5.94. The Morgan fingerprint density at radius 3 is 2.88 bits per heavy atom. The number of hydrogen-bond donors (Lipinski definition) is 1. The molecular weight excluding hydrogens is 229 g/mol. The molecule has 2 atom stereocenters. The summed E-state index contributed by atoms with van der Waals surface area (Å²) in [5, 5.41) is 2.45. The Balaban J connectivity index is 2.11. The summed E-state index contributed by atoms with van der Waals surface area (Å²) in [6, 6.07) is 6.25. The van der Waals surface area contributed by atoms with E-state index >= 15 is 0 Å². The number of β-lactam (4-membered cyclic amide) rings is 1. The molecule has 0 radical (unpaired) electrons. The first-order valence-electron chi connectivity index (χ1n) is 4.89. The van der Waals surface area contributed by atoms with Crippen LogP contribution in [0.15, 0.2) is 24.3 Å². The van der Waals surface area contributed by atoms with E-state index in [0.29, 0.717) is 11.5 Å². The Bertz CT molecular complexity index is 399. The Hall–Kier alpha value is -1.07. The molecule has 0 saturated carbocycles. The molecule has 1 saturated heterocycles. The molecule has 1 aromatic carbocycles. The number of methoxy groups -OCH3 is 1. The molecule has 1 N–H and O–H groups in total. The fourth-order valence-corrected chi connectivity index (χ4v) is 2.56. The average molecular weight is 241 g/mol. The SMILES string of the molecule is COCSC1C(=O)NC1c1ccccc1F. The van der Waals surface area contributed by atoms with E-state index in [2.05, 4.69) is 5.32 Å². The maximum absolute atomic E-state index is 13.5. The molecule has 1 aliphatic rings. The summed E-state index contributed by atoms with van der Waals surface area (Å²) in [6.07, 6.45) is 0. The number of carbonyl (C=O) groups excluding carboxylic acids is 1. The predicted molar refractivity (Wildman–Crippen MR) is 60.5 cm³/mol. The van der Waals surface area contributed by atoms with Crippen LogP contribution in [0.1, 0.15) is 11.6 Å². The minimum atomic E-state index is -0.282. The van der Waals surface area contributed by atoms with Crippen LogP contribution in [0.3, 0.4) is 0 Å². The van der Waals surface area contributed by atoms with Crippen LogP contribution in [-0.4, -0.2) is 24.2 Å². The molecule has 5 heteroatoms. The normalized spacial score (nSPS) is 23.8. The zero-order valence-electron chi connectivity index (χ0n) is 8.77. The topological polar surface area (TPSA) is 38.3 Å². The van der Waals surface area contributed by atoms with Gasteiger partial charge < -0.3 is 10.1 Å². The number of nitrogens with one attached hydrogen (secondary N) is 1. The van der Waals surface area contributed by atoms with Gasteiger partial charge in [0, 0.05) is 12.7 Å². The second-order valence-electron chi connectivity index (χ2n) is 3.50. The molecule has 1 aromatic rings. The van der Waals surface area contributed by atoms with Crippen LogP contribution in [0, 0.1) is 5.82 Å². The monoisotopic (exact) mass is 241 g/mol. The van der Waals surface area contributed by atoms with E-state index < -0.39 is 0 Å². The van der Waals surface area contributed by atoms with E-state index in [9.17, 15) is 9.18 Å². The molecule has 0 bridgehead atoms. The molecule has 2 unspecified atom stereocenters. The van der Waals surface area contributed by atoms with Crippen molar-refractivity contribution in [1.29, 1.82) is 0 Å². The lowest BCUT2D eigenvalue weighted by Gasteiger charge is -2.36. The predicted octanol–water partition coefficient (Wildman–Crippen LogP) is 1.70. The number of hydrogen-bond acceptors (Lipinski definition) is 3. The van der Waals surface area contributed by atoms with Crippen molar-refractivity contribution >= 4 is 17.7 Å². The Morgan fingerprint density at radius 1 is 1.50 bits per heavy atom. The van der Waals surface area contributed by atoms with Crippen molar-refractivity contribution in [1.82, 2.24) is 5.32 Å². The maximum atomic E-state index is 13.5. The van der Waals surface area contributed by atoms with E-state index in [1.807, 2.05) is 0 Å². The zero-order chi connectivity index (χ0) is 11.5. The summed E-state index contributed by atoms with van der Waals surface area (Å²) in [7, 11) is 1.57. The number of halogens is 1. The largest absolute Gasteiger partial charge is 0.374 e. The summed E-state index contributed by atoms with van der Waals surface area (Å²) in [5.74, 6) is 0.0917. The van der Waals surface area contributed by atoms with Gasteiger partial charge in [-0.1, -0.05) is 18.2 Å². The third-order valence-electron chi connectivity index (χ3n) is 2.46. The Labute approximate surface area is 97.4 Å². The number of rotatable bonds is 4. The first kappa shape index (κ1) is 11.4. The van der Waals surface area contributed by atoms with Crippen molar-refractivity contribution in [3.63, 3.8) is 0 Å². The van der Waals surface area contributed by atoms with Gasteiger partial charge in [-0.15, -0.1) is 11.8 Å². The van der Waals surface area contributed by atoms with Crippen molar-refractivity contribution in [2.24, 2.45) is 0 Å². The summed E-state index contributed by atoms with van der Waals surface area (Å²) in [4.78, 5) is 11.3. The average Bonchev–Trinajstić information content (AvgIpc) is 2.27. The van der Waals surface area contributed by atoms with E-state index in [-0.39, 0.29) is 23.0 Å². The molecule has 3 nitrogen and oxygen atoms in total. The highest BCUT2D eigenvalue weighted by Crippen LogP contribution is 2.34. The first-order chi connectivity index (χ1) is 7.74. The van der Waals surface area contributed by atoms with Crippen molar-refractivity contribution < 1.29 is 13.9 Å². The fourth-order valence-electron chi connectivity index (χ4n) is 1.65. The fraction of sp³-hybridized carbons (Fsp3) is 0.364. The highest BCUT2D eigenvalue weighted by atomic mass is 32.2. The third kappa shape index (κ3) is 2.05. The summed E-state index contributed by atoms with van der Waals surface area (Å²) in [5.41, 5.74) is 0.538. The van der Waals surface area contributed by atoms with Crippen LogP contribution >= 0.6 is 11.8 Å². The summed E-state index contributed by atoms with van der Waals surface area (Å²) >= 11 is 1.38. The molecule has 1 fully saturated rings. The molecular formula is C11H12FNO2S. The standard InChI is InChI=1S/C11H12FNO2S/c1-15-6-16-10-9(13-11(10)14)7-4-2-3-5-8(7)12/h2-5,9-10H,6H2,1H3,(H,13,14). The summed E-state index contributed by atoms with van der Waals surface area (Å²) < 4.78 is 18.4. The number of ether oxygens (including phenoxy) is 1. The molecule has 1 amide bonds. The van der Waals surface area contributed by atoms with E-state index in [0.717, 1.165) is 0 Å². The van der Waals surface area contributed by atoms with Gasteiger partial charge in [-0.05, 0) is 6.07 Å². The minimum absolute atomic E-state index is 0.0599. The number of thioether (sulfide) groups is 1. The summed E-state index contributed by atoms with van der Waals surface area (Å²) in [6.45, 7) is 0. The van der Waals surface area contributed by atoms with Crippen molar-refractivity contribution in [3.05, 3.63) is 35.6 Å². The maximum Gasteiger partial charge on any atom is 0.236 e. The van der Waals surface area contributed by atoms with Gasteiger partial charge in [0.1, 0.15) is 11.1 Å². The van der Waals surface area contributed by atoms with E-state index in [1.165, 1.54) is 17.8 Å². The number of amides is 1. The van der Waals surface area contributed by atoms with Gasteiger partial charge >= 0.3 is 0 Å². The third-order valence-corrected chi connectivity index (χ3v) is 3.68.